The highest BCUT2D eigenvalue weighted by molar-refractivity contribution is 5.79. The van der Waals surface area contributed by atoms with Gasteiger partial charge in [-0.15, -0.1) is 0 Å². The number of piperidine rings is 1. The van der Waals surface area contributed by atoms with Gasteiger partial charge >= 0.3 is 5.97 Å². The molecule has 3 rings (SSSR count). The lowest BCUT2D eigenvalue weighted by Gasteiger charge is -2.35. The molecule has 0 unspecified atom stereocenters. The Morgan fingerprint density at radius 1 is 1.42 bits per heavy atom. The van der Waals surface area contributed by atoms with E-state index in [9.17, 15) is 14.3 Å². The summed E-state index contributed by atoms with van der Waals surface area (Å²) >= 11 is 0. The third-order valence-corrected chi connectivity index (χ3v) is 4.74. The van der Waals surface area contributed by atoms with Crippen LogP contribution in [0.3, 0.4) is 0 Å². The fourth-order valence-electron chi connectivity index (χ4n) is 3.31. The molecule has 1 aromatic carbocycles. The van der Waals surface area contributed by atoms with Crippen LogP contribution in [0.4, 0.5) is 4.39 Å². The smallest absolute Gasteiger partial charge is 0.337 e. The van der Waals surface area contributed by atoms with Gasteiger partial charge in [0.2, 0.25) is 0 Å². The molecular weight excluding hydrogens is 313 g/mol. The molecular formula is C17H22FN3O3. The molecule has 130 valence electrons. The molecule has 1 saturated heterocycles. The molecule has 0 saturated carbocycles. The molecule has 1 N–H and O–H groups in total. The van der Waals surface area contributed by atoms with Crippen LogP contribution in [-0.4, -0.2) is 51.3 Å². The molecule has 1 fully saturated rings. The van der Waals surface area contributed by atoms with Gasteiger partial charge in [0, 0.05) is 19.6 Å². The van der Waals surface area contributed by atoms with Crippen LogP contribution in [0.2, 0.25) is 0 Å². The van der Waals surface area contributed by atoms with Gasteiger partial charge in [-0.3, -0.25) is 4.90 Å². The summed E-state index contributed by atoms with van der Waals surface area (Å²) in [5.41, 5.74) is -0.226. The Morgan fingerprint density at radius 3 is 2.75 bits per heavy atom. The van der Waals surface area contributed by atoms with Gasteiger partial charge < -0.3 is 14.4 Å². The van der Waals surface area contributed by atoms with Crippen molar-refractivity contribution in [2.24, 2.45) is 0 Å². The second kappa shape index (κ2) is 6.49. The van der Waals surface area contributed by atoms with Gasteiger partial charge in [0.15, 0.2) is 11.4 Å². The molecule has 0 spiro atoms. The van der Waals surface area contributed by atoms with Gasteiger partial charge in [0.25, 0.3) is 0 Å². The standard InChI is InChI=1S/C17H22FN3O3/c1-3-21-13-6-4-5-12(18)15(13)19-14(21)11-20-9-7-17(23,8-10-20)16(22)24-2/h4-6,23H,3,7-11H2,1-2H3. The van der Waals surface area contributed by atoms with Gasteiger partial charge in [-0.25, -0.2) is 14.2 Å². The number of likely N-dealkylation sites (tertiary alicyclic amines) is 1. The zero-order valence-corrected chi connectivity index (χ0v) is 14.0. The summed E-state index contributed by atoms with van der Waals surface area (Å²) in [6.45, 7) is 4.37. The molecule has 2 heterocycles. The summed E-state index contributed by atoms with van der Waals surface area (Å²) < 4.78 is 20.6. The summed E-state index contributed by atoms with van der Waals surface area (Å²) in [4.78, 5) is 18.2. The highest BCUT2D eigenvalue weighted by atomic mass is 19.1. The molecule has 1 aromatic heterocycles. The van der Waals surface area contributed by atoms with E-state index in [4.69, 9.17) is 0 Å². The molecule has 6 nitrogen and oxygen atoms in total. The lowest BCUT2D eigenvalue weighted by atomic mass is 9.91. The predicted octanol–water partition coefficient (Wildman–Crippen LogP) is 1.70. The average molecular weight is 335 g/mol. The van der Waals surface area contributed by atoms with Crippen molar-refractivity contribution < 1.29 is 19.0 Å². The van der Waals surface area contributed by atoms with Crippen molar-refractivity contribution in [2.75, 3.05) is 20.2 Å². The molecule has 24 heavy (non-hydrogen) atoms. The van der Waals surface area contributed by atoms with Crippen molar-refractivity contribution in [1.29, 1.82) is 0 Å². The Labute approximate surface area is 139 Å². The topological polar surface area (TPSA) is 67.6 Å². The molecule has 2 aromatic rings. The van der Waals surface area contributed by atoms with E-state index in [1.54, 1.807) is 6.07 Å². The monoisotopic (exact) mass is 335 g/mol. The number of benzene rings is 1. The van der Waals surface area contributed by atoms with Crippen LogP contribution in [0.15, 0.2) is 18.2 Å². The number of aryl methyl sites for hydroxylation is 1. The van der Waals surface area contributed by atoms with Crippen LogP contribution >= 0.6 is 0 Å². The molecule has 0 bridgehead atoms. The molecule has 1 aliphatic heterocycles. The highest BCUT2D eigenvalue weighted by Crippen LogP contribution is 2.26. The largest absolute Gasteiger partial charge is 0.467 e. The summed E-state index contributed by atoms with van der Waals surface area (Å²) in [5.74, 6) is -0.106. The fraction of sp³-hybridized carbons (Fsp3) is 0.529. The van der Waals surface area contributed by atoms with E-state index >= 15 is 0 Å². The van der Waals surface area contributed by atoms with E-state index in [2.05, 4.69) is 14.6 Å². The van der Waals surface area contributed by atoms with Crippen molar-refractivity contribution in [3.63, 3.8) is 0 Å². The van der Waals surface area contributed by atoms with Crippen LogP contribution in [0.1, 0.15) is 25.6 Å². The number of para-hydroxylation sites is 1. The SMILES string of the molecule is CCn1c(CN2CCC(O)(C(=O)OC)CC2)nc2c(F)cccc21. The number of ether oxygens (including phenoxy) is 1. The van der Waals surface area contributed by atoms with E-state index in [0.29, 0.717) is 44.5 Å². The minimum atomic E-state index is -1.40. The number of esters is 1. The number of carbonyl (C=O) groups is 1. The number of methoxy groups -OCH3 is 1. The second-order valence-corrected chi connectivity index (χ2v) is 6.18. The highest BCUT2D eigenvalue weighted by Gasteiger charge is 2.40. The first-order valence-corrected chi connectivity index (χ1v) is 8.15. The first-order valence-electron chi connectivity index (χ1n) is 8.15. The van der Waals surface area contributed by atoms with Crippen molar-refractivity contribution in [3.8, 4) is 0 Å². The number of aromatic nitrogens is 2. The first kappa shape index (κ1) is 16.9. The van der Waals surface area contributed by atoms with Crippen LogP contribution in [0.5, 0.6) is 0 Å². The summed E-state index contributed by atoms with van der Waals surface area (Å²) in [6, 6.07) is 4.97. The molecule has 0 radical (unpaired) electrons. The third kappa shape index (κ3) is 2.89. The number of aliphatic hydroxyl groups is 1. The molecule has 0 amide bonds. The number of halogens is 1. The summed E-state index contributed by atoms with van der Waals surface area (Å²) in [7, 11) is 1.28. The van der Waals surface area contributed by atoms with Crippen LogP contribution in [0.25, 0.3) is 11.0 Å². The lowest BCUT2D eigenvalue weighted by Crippen LogP contribution is -2.49. The first-order chi connectivity index (χ1) is 11.5. The number of carbonyl (C=O) groups excluding carboxylic acids is 1. The van der Waals surface area contributed by atoms with Crippen LogP contribution < -0.4 is 0 Å². The van der Waals surface area contributed by atoms with Crippen molar-refractivity contribution >= 4 is 17.0 Å². The minimum absolute atomic E-state index is 0.320. The van der Waals surface area contributed by atoms with Crippen LogP contribution in [0, 0.1) is 5.82 Å². The lowest BCUT2D eigenvalue weighted by molar-refractivity contribution is -0.167. The number of nitrogens with zero attached hydrogens (tertiary/aromatic N) is 3. The molecule has 7 heteroatoms. The third-order valence-electron chi connectivity index (χ3n) is 4.74. The number of hydrogen-bond acceptors (Lipinski definition) is 5. The number of hydrogen-bond donors (Lipinski definition) is 1. The van der Waals surface area contributed by atoms with Crippen molar-refractivity contribution in [2.45, 2.75) is 38.5 Å². The molecule has 0 aliphatic carbocycles. The Morgan fingerprint density at radius 2 is 2.12 bits per heavy atom. The number of imidazole rings is 1. The van der Waals surface area contributed by atoms with Crippen molar-refractivity contribution in [1.82, 2.24) is 14.5 Å². The quantitative estimate of drug-likeness (QED) is 0.862. The minimum Gasteiger partial charge on any atom is -0.467 e. The van der Waals surface area contributed by atoms with Crippen LogP contribution in [-0.2, 0) is 22.6 Å². The fourth-order valence-corrected chi connectivity index (χ4v) is 3.31. The average Bonchev–Trinajstić information content (AvgIpc) is 2.95. The van der Waals surface area contributed by atoms with Crippen molar-refractivity contribution in [3.05, 3.63) is 29.8 Å². The Balaban J connectivity index is 1.77. The van der Waals surface area contributed by atoms with Gasteiger partial charge in [0.1, 0.15) is 11.3 Å². The maximum Gasteiger partial charge on any atom is 0.337 e. The zero-order chi connectivity index (χ0) is 17.3. The van der Waals surface area contributed by atoms with Gasteiger partial charge in [-0.05, 0) is 31.9 Å². The Hall–Kier alpha value is -1.99. The zero-order valence-electron chi connectivity index (χ0n) is 14.0. The second-order valence-electron chi connectivity index (χ2n) is 6.18. The van der Waals surface area contributed by atoms with Gasteiger partial charge in [-0.1, -0.05) is 6.07 Å². The molecule has 1 aliphatic rings. The van der Waals surface area contributed by atoms with E-state index in [0.717, 1.165) is 11.3 Å². The van der Waals surface area contributed by atoms with Gasteiger partial charge in [0.05, 0.1) is 19.2 Å². The van der Waals surface area contributed by atoms with E-state index in [-0.39, 0.29) is 5.82 Å². The Kier molecular flexibility index (Phi) is 4.56. The predicted molar refractivity (Wildman–Crippen MR) is 86.8 cm³/mol. The number of fused-ring (bicyclic) bond motifs is 1. The van der Waals surface area contributed by atoms with E-state index < -0.39 is 11.6 Å². The van der Waals surface area contributed by atoms with E-state index in [1.165, 1.54) is 13.2 Å². The summed E-state index contributed by atoms with van der Waals surface area (Å²) in [5, 5.41) is 10.3. The maximum absolute atomic E-state index is 14.0. The van der Waals surface area contributed by atoms with E-state index in [1.807, 2.05) is 17.6 Å². The maximum atomic E-state index is 14.0. The normalized spacial score (nSPS) is 18.0. The molecule has 0 atom stereocenters. The summed E-state index contributed by atoms with van der Waals surface area (Å²) in [6.07, 6.45) is 0.640. The van der Waals surface area contributed by atoms with Gasteiger partial charge in [-0.2, -0.15) is 0 Å². The Bertz CT molecular complexity index is 751. The number of rotatable bonds is 4.